The molecule has 0 spiro atoms. The van der Waals surface area contributed by atoms with E-state index in [-0.39, 0.29) is 42.1 Å². The Hall–Kier alpha value is -0.360. The molecule has 0 fully saturated rings. The molecule has 1 rings (SSSR count). The third-order valence-electron chi connectivity index (χ3n) is 2.95. The van der Waals surface area contributed by atoms with E-state index in [1.807, 2.05) is 18.5 Å². The maximum atomic E-state index is 11.0. The Morgan fingerprint density at radius 1 is 1.59 bits per heavy atom. The first kappa shape index (κ1) is 16.6. The fourth-order valence-electron chi connectivity index (χ4n) is 1.89. The van der Waals surface area contributed by atoms with E-state index in [1.54, 1.807) is 12.5 Å². The minimum Gasteiger partial charge on any atom is -0.481 e. The Morgan fingerprint density at radius 2 is 2.24 bits per heavy atom. The van der Waals surface area contributed by atoms with Crippen molar-refractivity contribution in [2.75, 3.05) is 6.61 Å². The second-order valence-corrected chi connectivity index (χ2v) is 4.00. The number of hydrogen-bond donors (Lipinski definition) is 2. The van der Waals surface area contributed by atoms with Crippen molar-refractivity contribution >= 4 is 35.5 Å². The zero-order chi connectivity index (χ0) is 12.1. The Kier molecular flexibility index (Phi) is 7.70. The molecule has 6 heteroatoms. The van der Waals surface area contributed by atoms with Crippen LogP contribution in [0, 0.1) is 11.8 Å². The standard InChI is InChI=1S/C11H18N2O3.Na/c1-3-10(11(15)16)8(6-14)4-9-5-12-7-13(9)2;/h5,7-8,10,14H,3-4,6H2,1-2H3,(H,15,16);/t8-,10-;/m0./s1. The molecule has 1 aromatic rings. The molecule has 0 aromatic carbocycles. The second-order valence-electron chi connectivity index (χ2n) is 4.00. The summed E-state index contributed by atoms with van der Waals surface area (Å²) in [5.74, 6) is -1.60. The van der Waals surface area contributed by atoms with Gasteiger partial charge in [-0.25, -0.2) is 4.98 Å². The molecule has 1 heterocycles. The van der Waals surface area contributed by atoms with Gasteiger partial charge in [-0.15, -0.1) is 0 Å². The molecule has 2 N–H and O–H groups in total. The number of hydrogen-bond acceptors (Lipinski definition) is 3. The predicted octanol–water partition coefficient (Wildman–Crippen LogP) is 0.301. The third-order valence-corrected chi connectivity index (χ3v) is 2.95. The van der Waals surface area contributed by atoms with Crippen LogP contribution in [0.1, 0.15) is 19.0 Å². The van der Waals surface area contributed by atoms with Gasteiger partial charge in [-0.1, -0.05) is 6.92 Å². The summed E-state index contributed by atoms with van der Waals surface area (Å²) in [6, 6.07) is 0. The van der Waals surface area contributed by atoms with Gasteiger partial charge in [0.25, 0.3) is 0 Å². The Balaban J connectivity index is 0.00000256. The first-order chi connectivity index (χ1) is 7.60. The fourth-order valence-corrected chi connectivity index (χ4v) is 1.89. The molecule has 5 nitrogen and oxygen atoms in total. The monoisotopic (exact) mass is 249 g/mol. The number of aliphatic hydroxyl groups excluding tert-OH is 1. The molecule has 0 bridgehead atoms. The van der Waals surface area contributed by atoms with Crippen LogP contribution < -0.4 is 0 Å². The van der Waals surface area contributed by atoms with E-state index in [2.05, 4.69) is 4.98 Å². The van der Waals surface area contributed by atoms with Gasteiger partial charge in [-0.3, -0.25) is 4.79 Å². The number of aliphatic hydroxyl groups is 1. The predicted molar refractivity (Wildman–Crippen MR) is 64.7 cm³/mol. The summed E-state index contributed by atoms with van der Waals surface area (Å²) in [6.07, 6.45) is 4.44. The zero-order valence-electron chi connectivity index (χ0n) is 10.6. The molecule has 1 radical (unpaired) electrons. The molecule has 17 heavy (non-hydrogen) atoms. The molecule has 2 atom stereocenters. The quantitative estimate of drug-likeness (QED) is 0.711. The molecule has 91 valence electrons. The van der Waals surface area contributed by atoms with E-state index in [4.69, 9.17) is 5.11 Å². The average molecular weight is 249 g/mol. The van der Waals surface area contributed by atoms with Crippen molar-refractivity contribution in [2.45, 2.75) is 19.8 Å². The number of nitrogens with zero attached hydrogens (tertiary/aromatic N) is 2. The van der Waals surface area contributed by atoms with E-state index < -0.39 is 11.9 Å². The number of aliphatic carboxylic acids is 1. The van der Waals surface area contributed by atoms with Gasteiger partial charge >= 0.3 is 5.97 Å². The van der Waals surface area contributed by atoms with Crippen LogP contribution in [0.3, 0.4) is 0 Å². The van der Waals surface area contributed by atoms with Crippen molar-refractivity contribution in [3.63, 3.8) is 0 Å². The number of carbonyl (C=O) groups is 1. The van der Waals surface area contributed by atoms with Gasteiger partial charge in [-0.05, 0) is 12.8 Å². The van der Waals surface area contributed by atoms with Crippen molar-refractivity contribution in [2.24, 2.45) is 18.9 Å². The molecular weight excluding hydrogens is 231 g/mol. The smallest absolute Gasteiger partial charge is 0.306 e. The number of aryl methyl sites for hydroxylation is 1. The van der Waals surface area contributed by atoms with Crippen molar-refractivity contribution in [1.82, 2.24) is 9.55 Å². The van der Waals surface area contributed by atoms with Gasteiger partial charge in [0.15, 0.2) is 0 Å². The first-order valence-electron chi connectivity index (χ1n) is 5.39. The van der Waals surface area contributed by atoms with Crippen LogP contribution >= 0.6 is 0 Å². The van der Waals surface area contributed by atoms with Crippen molar-refractivity contribution < 1.29 is 15.0 Å². The number of carboxylic acid groups (broad SMARTS) is 1. The molecule has 0 aliphatic rings. The summed E-state index contributed by atoms with van der Waals surface area (Å²) in [6.45, 7) is 1.71. The summed E-state index contributed by atoms with van der Waals surface area (Å²) in [5, 5.41) is 18.3. The summed E-state index contributed by atoms with van der Waals surface area (Å²) < 4.78 is 1.84. The average Bonchev–Trinajstić information content (AvgIpc) is 2.63. The zero-order valence-corrected chi connectivity index (χ0v) is 12.6. The normalized spacial score (nSPS) is 13.8. The van der Waals surface area contributed by atoms with E-state index in [9.17, 15) is 9.90 Å². The largest absolute Gasteiger partial charge is 0.481 e. The van der Waals surface area contributed by atoms with Gasteiger partial charge in [0.1, 0.15) is 0 Å². The maximum Gasteiger partial charge on any atom is 0.306 e. The van der Waals surface area contributed by atoms with Crippen LogP contribution in [-0.4, -0.2) is 61.9 Å². The van der Waals surface area contributed by atoms with E-state index in [1.165, 1.54) is 0 Å². The molecule has 0 aliphatic carbocycles. The number of aromatic nitrogens is 2. The number of rotatable bonds is 6. The first-order valence-corrected chi connectivity index (χ1v) is 5.39. The second kappa shape index (κ2) is 7.87. The van der Waals surface area contributed by atoms with Crippen molar-refractivity contribution in [1.29, 1.82) is 0 Å². The summed E-state index contributed by atoms with van der Waals surface area (Å²) >= 11 is 0. The number of carboxylic acids is 1. The molecule has 1 aromatic heterocycles. The Bertz CT molecular complexity index is 354. The van der Waals surface area contributed by atoms with Crippen LogP contribution in [0.15, 0.2) is 12.5 Å². The van der Waals surface area contributed by atoms with Gasteiger partial charge in [0, 0.05) is 61.0 Å². The van der Waals surface area contributed by atoms with Gasteiger partial charge in [-0.2, -0.15) is 0 Å². The van der Waals surface area contributed by atoms with Gasteiger partial charge < -0.3 is 14.8 Å². The van der Waals surface area contributed by atoms with E-state index >= 15 is 0 Å². The van der Waals surface area contributed by atoms with Gasteiger partial charge in [0.05, 0.1) is 12.2 Å². The van der Waals surface area contributed by atoms with Crippen LogP contribution in [0.25, 0.3) is 0 Å². The molecule has 0 aliphatic heterocycles. The maximum absolute atomic E-state index is 11.0. The third kappa shape index (κ3) is 4.43. The van der Waals surface area contributed by atoms with Crippen LogP contribution in [0.2, 0.25) is 0 Å². The van der Waals surface area contributed by atoms with Crippen LogP contribution in [0.5, 0.6) is 0 Å². The Morgan fingerprint density at radius 3 is 2.59 bits per heavy atom. The van der Waals surface area contributed by atoms with Crippen molar-refractivity contribution in [3.05, 3.63) is 18.2 Å². The minimum absolute atomic E-state index is 0. The summed E-state index contributed by atoms with van der Waals surface area (Å²) in [5.41, 5.74) is 0.943. The van der Waals surface area contributed by atoms with Crippen LogP contribution in [-0.2, 0) is 18.3 Å². The van der Waals surface area contributed by atoms with E-state index in [0.717, 1.165) is 5.69 Å². The Labute approximate surface area is 123 Å². The summed E-state index contributed by atoms with van der Waals surface area (Å²) in [4.78, 5) is 15.0. The van der Waals surface area contributed by atoms with E-state index in [0.29, 0.717) is 12.8 Å². The molecule has 0 unspecified atom stereocenters. The molecule has 0 saturated carbocycles. The molecule has 0 amide bonds. The van der Waals surface area contributed by atoms with Crippen molar-refractivity contribution in [3.8, 4) is 0 Å². The topological polar surface area (TPSA) is 75.3 Å². The SMILES string of the molecule is CC[C@H](C(=O)O)[C@H](CO)Cc1cncn1C.[Na]. The summed E-state index contributed by atoms with van der Waals surface area (Å²) in [7, 11) is 1.86. The van der Waals surface area contributed by atoms with Gasteiger partial charge in [0.2, 0.25) is 0 Å². The molecule has 0 saturated heterocycles. The molecular formula is C11H18N2NaO3. The minimum atomic E-state index is -0.844. The van der Waals surface area contributed by atoms with Crippen LogP contribution in [0.4, 0.5) is 0 Å². The fraction of sp³-hybridized carbons (Fsp3) is 0.636. The number of imidazole rings is 1.